The average Bonchev–Trinajstić information content (AvgIpc) is 1.03. The maximum absolute atomic E-state index is 9.52. The summed E-state index contributed by atoms with van der Waals surface area (Å²) < 4.78 is 354. The Morgan fingerprint density at radius 3 is 1.37 bits per heavy atom. The fraction of sp³-hybridized carbons (Fsp3) is 0.333. The van der Waals surface area contributed by atoms with Crippen LogP contribution in [0.3, 0.4) is 0 Å². The van der Waals surface area contributed by atoms with E-state index in [1.54, 1.807) is 0 Å². The number of hydrogen-bond acceptors (Lipinski definition) is 8. The summed E-state index contributed by atoms with van der Waals surface area (Å²) in [5.41, 5.74) is -5.20. The van der Waals surface area contributed by atoms with Gasteiger partial charge in [-0.15, -0.1) is 0 Å². The zero-order valence-electron chi connectivity index (χ0n) is 70.4. The van der Waals surface area contributed by atoms with Gasteiger partial charge in [-0.2, -0.15) is 0 Å². The third kappa shape index (κ3) is 11.0. The third-order valence-corrected chi connectivity index (χ3v) is 9.10. The van der Waals surface area contributed by atoms with E-state index in [0.717, 1.165) is 9.80 Å². The molecule has 4 aliphatic heterocycles. The summed E-state index contributed by atoms with van der Waals surface area (Å²) in [6.45, 7) is -10.8. The number of rotatable bonds is 14. The summed E-state index contributed by atoms with van der Waals surface area (Å²) in [5.74, 6) is -1.89. The first-order chi connectivity index (χ1) is 46.0. The minimum Gasteiger partial charge on any atom is -0.454 e. The van der Waals surface area contributed by atoms with Crippen LogP contribution in [0.4, 0.5) is 0 Å². The van der Waals surface area contributed by atoms with Crippen molar-refractivity contribution in [2.75, 3.05) is 52.7 Å². The molecule has 6 aromatic rings. The van der Waals surface area contributed by atoms with Gasteiger partial charge in [0.2, 0.25) is 13.5 Å². The molecule has 0 aliphatic carbocycles. The molecule has 0 N–H and O–H groups in total. The Morgan fingerprint density at radius 1 is 0.532 bits per heavy atom. The van der Waals surface area contributed by atoms with Crippen molar-refractivity contribution in [2.24, 2.45) is 0 Å². The maximum Gasteiger partial charge on any atom is 0.231 e. The Hall–Kier alpha value is -5.64. The van der Waals surface area contributed by atoms with Gasteiger partial charge in [-0.05, 0) is 109 Å². The van der Waals surface area contributed by atoms with Gasteiger partial charge in [0.25, 0.3) is 0 Å². The zero-order chi connectivity index (χ0) is 75.2. The second-order valence-electron chi connectivity index (χ2n) is 13.3. The first-order valence-electron chi connectivity index (χ1n) is 38.0. The average molecular weight is 869 g/mol. The number of hydrogen-bond donors (Lipinski definition) is 0. The summed E-state index contributed by atoms with van der Waals surface area (Å²) >= 11 is 0. The number of likely N-dealkylation sites (tertiary alicyclic amines) is 2. The highest BCUT2D eigenvalue weighted by molar-refractivity contribution is 5.45. The molecule has 0 radical (unpaired) electrons. The van der Waals surface area contributed by atoms with E-state index in [0.29, 0.717) is 0 Å². The molecule has 8 nitrogen and oxygen atoms in total. The van der Waals surface area contributed by atoms with E-state index in [4.69, 9.17) is 77.8 Å². The summed E-state index contributed by atoms with van der Waals surface area (Å²) in [4.78, 5) is 1.87. The molecule has 0 unspecified atom stereocenters. The van der Waals surface area contributed by atoms with Crippen molar-refractivity contribution in [3.63, 3.8) is 0 Å². The van der Waals surface area contributed by atoms with Crippen LogP contribution in [0.2, 0.25) is 0 Å². The second-order valence-corrected chi connectivity index (χ2v) is 13.3. The van der Waals surface area contributed by atoms with Crippen molar-refractivity contribution < 1.29 is 80.5 Å². The summed E-state index contributed by atoms with van der Waals surface area (Å²) in [6.07, 6.45) is -15.1. The van der Waals surface area contributed by atoms with Gasteiger partial charge in [0.05, 0.1) is 50.6 Å². The van der Waals surface area contributed by atoms with Crippen LogP contribution in [-0.4, -0.2) is 74.7 Å². The Balaban J connectivity index is 0.000000233. The van der Waals surface area contributed by atoms with Crippen LogP contribution in [0.1, 0.15) is 123 Å². The Kier molecular flexibility index (Phi) is 5.57. The monoisotopic (exact) mass is 869 g/mol. The largest absolute Gasteiger partial charge is 0.454 e. The molecule has 2 saturated heterocycles. The lowest BCUT2D eigenvalue weighted by Gasteiger charge is -2.35. The molecule has 4 heterocycles. The topological polar surface area (TPSA) is 61.9 Å². The van der Waals surface area contributed by atoms with Gasteiger partial charge in [-0.25, -0.2) is 0 Å². The van der Waals surface area contributed by atoms with Crippen LogP contribution in [0, 0.1) is 0 Å². The summed E-state index contributed by atoms with van der Waals surface area (Å²) in [7, 11) is 0. The van der Waals surface area contributed by atoms with E-state index in [2.05, 4.69) is 0 Å². The van der Waals surface area contributed by atoms with Gasteiger partial charge in [0, 0.05) is 37.0 Å². The Labute approximate surface area is 420 Å². The first kappa shape index (κ1) is 16.5. The minimum absolute atomic E-state index is 0.0170. The highest BCUT2D eigenvalue weighted by Gasteiger charge is 2.27. The molecular weight excluding hydrogens is 773 g/mol. The van der Waals surface area contributed by atoms with E-state index < -0.39 is 272 Å². The van der Waals surface area contributed by atoms with Crippen LogP contribution >= 0.6 is 0 Å². The minimum atomic E-state index is -3.29. The highest BCUT2D eigenvalue weighted by Crippen LogP contribution is 2.35. The van der Waals surface area contributed by atoms with E-state index in [1.807, 2.05) is 0 Å². The van der Waals surface area contributed by atoms with Gasteiger partial charge in [-0.1, -0.05) is 133 Å². The van der Waals surface area contributed by atoms with E-state index >= 15 is 0 Å². The Bertz CT molecular complexity index is 4110. The molecule has 0 amide bonds. The van der Waals surface area contributed by atoms with Crippen molar-refractivity contribution in [3.05, 3.63) is 190 Å². The number of nitrogens with zero attached hydrogens (tertiary/aromatic N) is 2. The van der Waals surface area contributed by atoms with Crippen LogP contribution in [0.25, 0.3) is 0 Å². The van der Waals surface area contributed by atoms with Crippen LogP contribution in [0.15, 0.2) is 157 Å². The SMILES string of the molecule is [2H]c1c([2H])c([2H])c(C([2H])(O[C@@H]2CCCN(C([2H])([2H])C([2H])([2H])c3c([2H])c([2H])c4c(c3[2H])OC([2H])([2H])O4)C2)c2c([2H])c([2H])c([2H])c([2H])c2[2H])c([2H])c1[2H].[2H]c1c([2H])c([2H])c(C([2H])(O[C@@H]2CCCN(C([2H])([2H])C([2H])([2H])c3c([2H])c([2H])c4c(c3[2H])OCO4)C2)c2c([2H])c([2H])c([2H])c([2H])c2[2H])c([2H])c1[2H]. The lowest BCUT2D eigenvalue weighted by Crippen LogP contribution is -2.41. The van der Waals surface area contributed by atoms with Gasteiger partial charge >= 0.3 is 0 Å². The van der Waals surface area contributed by atoms with Gasteiger partial charge in [0.15, 0.2) is 23.0 Å². The van der Waals surface area contributed by atoms with E-state index in [-0.39, 0.29) is 57.1 Å². The standard InChI is InChI=1S/2C27H29NO3/c2*1-3-8-22(9-4-1)27(23-10-5-2-6-11-23)31-24-12-7-16-28(19-24)17-15-21-13-14-25-26(18-21)30-20-29-25/h2*1-6,8-11,13-14,18,24,27H,7,12,15-17,19-20H2/t2*24-/m11/s1/i1D,2D,3D,4D,5D,6D,8D,9D,10D,11D,13D,14D,15D2,17D2,18D,20D2,27D;1D,2D,3D,4D,5D,6D,8D,9D,10D,11D,13D,14D,15D2,17D2,18D,27D. The van der Waals surface area contributed by atoms with Gasteiger partial charge in [-0.3, -0.25) is 0 Å². The van der Waals surface area contributed by atoms with Crippen molar-refractivity contribution in [3.8, 4) is 23.0 Å². The highest BCUT2D eigenvalue weighted by atomic mass is 16.7. The van der Waals surface area contributed by atoms with Gasteiger partial charge in [0.1, 0.15) is 14.9 Å². The molecule has 320 valence electrons. The predicted octanol–water partition coefficient (Wildman–Crippen LogP) is 10.5. The Morgan fingerprint density at radius 2 is 0.919 bits per heavy atom. The fourth-order valence-corrected chi connectivity index (χ4v) is 6.29. The molecule has 4 aliphatic rings. The number of benzene rings is 6. The van der Waals surface area contributed by atoms with Crippen LogP contribution in [-0.2, 0) is 22.2 Å². The normalized spacial score (nSPS) is 29.2. The molecule has 10 rings (SSSR count). The van der Waals surface area contributed by atoms with Crippen molar-refractivity contribution in [2.45, 2.75) is 62.8 Å². The summed E-state index contributed by atoms with van der Waals surface area (Å²) in [5, 5.41) is 0. The molecule has 6 aromatic carbocycles. The molecule has 62 heavy (non-hydrogen) atoms. The molecule has 2 atom stereocenters. The van der Waals surface area contributed by atoms with Gasteiger partial charge < -0.3 is 38.2 Å². The lowest BCUT2D eigenvalue weighted by atomic mass is 10.00. The molecule has 2 fully saturated rings. The fourth-order valence-electron chi connectivity index (χ4n) is 6.29. The van der Waals surface area contributed by atoms with Crippen molar-refractivity contribution in [1.29, 1.82) is 0 Å². The number of ether oxygens (including phenoxy) is 6. The van der Waals surface area contributed by atoms with Crippen LogP contribution < -0.4 is 18.9 Å². The van der Waals surface area contributed by atoms with E-state index in [9.17, 15) is 2.74 Å². The van der Waals surface area contributed by atoms with E-state index in [1.165, 1.54) is 0 Å². The summed E-state index contributed by atoms with van der Waals surface area (Å²) in [6, 6.07) is -22.9. The predicted molar refractivity (Wildman–Crippen MR) is 243 cm³/mol. The number of fused-ring (bicyclic) bond motifs is 2. The lowest BCUT2D eigenvalue weighted by molar-refractivity contribution is -0.0331. The molecule has 8 heteroatoms. The second kappa shape index (κ2) is 21.0. The molecule has 0 bridgehead atoms. The smallest absolute Gasteiger partial charge is 0.231 e. The molecule has 0 aromatic heterocycles. The first-order valence-corrected chi connectivity index (χ1v) is 19.0. The number of piperidine rings is 2. The maximum atomic E-state index is 9.52. The van der Waals surface area contributed by atoms with Crippen molar-refractivity contribution >= 4 is 0 Å². The van der Waals surface area contributed by atoms with Crippen molar-refractivity contribution in [1.82, 2.24) is 9.80 Å². The quantitative estimate of drug-likeness (QED) is 0.107. The molecule has 0 spiro atoms. The molecular formula is C54H58N2O6. The van der Waals surface area contributed by atoms with Crippen LogP contribution in [0.5, 0.6) is 23.0 Å². The third-order valence-electron chi connectivity index (χ3n) is 9.10. The molecule has 0 saturated carbocycles. The zero-order valence-corrected chi connectivity index (χ0v) is 32.4.